The van der Waals surface area contributed by atoms with Crippen LogP contribution in [0.15, 0.2) is 53.2 Å². The third-order valence-electron chi connectivity index (χ3n) is 2.31. The zero-order valence-electron chi connectivity index (χ0n) is 10.8. The molecular weight excluding hydrogens is 258 g/mol. The summed E-state index contributed by atoms with van der Waals surface area (Å²) in [6, 6.07) is 10.1. The van der Waals surface area contributed by atoms with Crippen LogP contribution in [0, 0.1) is 0 Å². The Balaban J connectivity index is 1.99. The van der Waals surface area contributed by atoms with E-state index in [2.05, 4.69) is 5.32 Å². The fraction of sp³-hybridized carbons (Fsp3) is 0.0667. The summed E-state index contributed by atoms with van der Waals surface area (Å²) in [7, 11) is 0. The maximum Gasteiger partial charge on any atom is 0.308 e. The van der Waals surface area contributed by atoms with Gasteiger partial charge in [0.2, 0.25) is 5.91 Å². The van der Waals surface area contributed by atoms with Gasteiger partial charge in [-0.25, -0.2) is 0 Å². The van der Waals surface area contributed by atoms with E-state index in [-0.39, 0.29) is 5.91 Å². The number of hydrogen-bond acceptors (Lipinski definition) is 4. The first-order valence-corrected chi connectivity index (χ1v) is 5.94. The molecule has 0 aliphatic carbocycles. The van der Waals surface area contributed by atoms with Crippen LogP contribution in [0.1, 0.15) is 12.7 Å². The summed E-state index contributed by atoms with van der Waals surface area (Å²) in [6.45, 7) is 1.32. The number of carbonyl (C=O) groups is 2. The number of nitrogens with one attached hydrogen (secondary N) is 1. The molecule has 1 aromatic heterocycles. The van der Waals surface area contributed by atoms with Gasteiger partial charge in [-0.15, -0.1) is 0 Å². The van der Waals surface area contributed by atoms with Crippen molar-refractivity contribution in [3.8, 4) is 5.75 Å². The number of ether oxygens (including phenoxy) is 1. The molecule has 2 aromatic rings. The molecule has 5 nitrogen and oxygen atoms in total. The first-order chi connectivity index (χ1) is 9.63. The minimum Gasteiger partial charge on any atom is -0.465 e. The number of esters is 1. The molecule has 2 rings (SSSR count). The van der Waals surface area contributed by atoms with Gasteiger partial charge in [0.15, 0.2) is 0 Å². The topological polar surface area (TPSA) is 68.5 Å². The zero-order chi connectivity index (χ0) is 14.4. The van der Waals surface area contributed by atoms with Gasteiger partial charge in [0, 0.05) is 24.8 Å². The minimum absolute atomic E-state index is 0.304. The Hall–Kier alpha value is -2.82. The summed E-state index contributed by atoms with van der Waals surface area (Å²) < 4.78 is 10.0. The normalized spacial score (nSPS) is 10.4. The average molecular weight is 271 g/mol. The first kappa shape index (κ1) is 13.6. The van der Waals surface area contributed by atoms with Crippen molar-refractivity contribution in [2.45, 2.75) is 6.92 Å². The lowest BCUT2D eigenvalue weighted by Crippen LogP contribution is -2.08. The van der Waals surface area contributed by atoms with Crippen molar-refractivity contribution in [3.05, 3.63) is 54.5 Å². The monoisotopic (exact) mass is 271 g/mol. The van der Waals surface area contributed by atoms with Crippen LogP contribution in [0.4, 0.5) is 5.69 Å². The van der Waals surface area contributed by atoms with Crippen LogP contribution in [-0.2, 0) is 9.59 Å². The first-order valence-electron chi connectivity index (χ1n) is 5.94. The fourth-order valence-corrected chi connectivity index (χ4v) is 1.53. The quantitative estimate of drug-likeness (QED) is 0.527. The summed E-state index contributed by atoms with van der Waals surface area (Å²) in [5.41, 5.74) is 0.540. The Bertz CT molecular complexity index is 629. The molecule has 0 bridgehead atoms. The Kier molecular flexibility index (Phi) is 4.34. The van der Waals surface area contributed by atoms with Gasteiger partial charge in [-0.1, -0.05) is 6.07 Å². The van der Waals surface area contributed by atoms with Gasteiger partial charge >= 0.3 is 5.97 Å². The fourth-order valence-electron chi connectivity index (χ4n) is 1.53. The number of benzene rings is 1. The van der Waals surface area contributed by atoms with E-state index >= 15 is 0 Å². The third kappa shape index (κ3) is 4.13. The van der Waals surface area contributed by atoms with Crippen LogP contribution in [0.3, 0.4) is 0 Å². The van der Waals surface area contributed by atoms with E-state index in [0.717, 1.165) is 0 Å². The highest BCUT2D eigenvalue weighted by molar-refractivity contribution is 6.01. The molecule has 5 heteroatoms. The molecule has 0 aliphatic heterocycles. The van der Waals surface area contributed by atoms with Crippen LogP contribution in [0.25, 0.3) is 6.08 Å². The third-order valence-corrected chi connectivity index (χ3v) is 2.31. The summed E-state index contributed by atoms with van der Waals surface area (Å²) in [5.74, 6) is 0.256. The van der Waals surface area contributed by atoms with Crippen molar-refractivity contribution in [2.24, 2.45) is 0 Å². The van der Waals surface area contributed by atoms with Crippen molar-refractivity contribution in [2.75, 3.05) is 5.32 Å². The molecule has 0 aliphatic rings. The lowest BCUT2D eigenvalue weighted by molar-refractivity contribution is -0.131. The van der Waals surface area contributed by atoms with E-state index in [4.69, 9.17) is 9.15 Å². The maximum atomic E-state index is 11.7. The number of furan rings is 1. The van der Waals surface area contributed by atoms with Crippen LogP contribution in [-0.4, -0.2) is 11.9 Å². The molecule has 0 unspecified atom stereocenters. The highest BCUT2D eigenvalue weighted by Crippen LogP contribution is 2.17. The minimum atomic E-state index is -0.411. The summed E-state index contributed by atoms with van der Waals surface area (Å²) in [6.07, 6.45) is 4.45. The van der Waals surface area contributed by atoms with Crippen molar-refractivity contribution in [1.82, 2.24) is 0 Å². The lowest BCUT2D eigenvalue weighted by atomic mass is 10.3. The summed E-state index contributed by atoms with van der Waals surface area (Å²) >= 11 is 0. The molecule has 0 radical (unpaired) electrons. The maximum absolute atomic E-state index is 11.7. The van der Waals surface area contributed by atoms with E-state index < -0.39 is 5.97 Å². The van der Waals surface area contributed by atoms with E-state index in [9.17, 15) is 9.59 Å². The number of hydrogen-bond donors (Lipinski definition) is 1. The van der Waals surface area contributed by atoms with Crippen LogP contribution in [0.2, 0.25) is 0 Å². The Morgan fingerprint density at radius 3 is 2.80 bits per heavy atom. The largest absolute Gasteiger partial charge is 0.465 e. The molecule has 1 N–H and O–H groups in total. The standard InChI is InChI=1S/C15H13NO4/c1-11(17)20-14-5-2-4-12(10-14)16-15(18)8-7-13-6-3-9-19-13/h2-10H,1H3,(H,16,18)/b8-7+. The molecule has 0 spiro atoms. The summed E-state index contributed by atoms with van der Waals surface area (Å²) in [4.78, 5) is 22.5. The number of amides is 1. The second-order valence-corrected chi connectivity index (χ2v) is 3.96. The molecular formula is C15H13NO4. The molecule has 0 fully saturated rings. The van der Waals surface area contributed by atoms with Gasteiger partial charge in [0.05, 0.1) is 6.26 Å². The molecule has 1 amide bonds. The molecule has 1 aromatic carbocycles. The second kappa shape index (κ2) is 6.38. The van der Waals surface area contributed by atoms with E-state index in [0.29, 0.717) is 17.2 Å². The van der Waals surface area contributed by atoms with Gasteiger partial charge in [-0.05, 0) is 30.3 Å². The zero-order valence-corrected chi connectivity index (χ0v) is 10.8. The number of carbonyl (C=O) groups excluding carboxylic acids is 2. The molecule has 0 saturated heterocycles. The molecule has 20 heavy (non-hydrogen) atoms. The Morgan fingerprint density at radius 2 is 2.10 bits per heavy atom. The van der Waals surface area contributed by atoms with Crippen molar-refractivity contribution in [1.29, 1.82) is 0 Å². The predicted molar refractivity (Wildman–Crippen MR) is 74.1 cm³/mol. The predicted octanol–water partition coefficient (Wildman–Crippen LogP) is 2.86. The SMILES string of the molecule is CC(=O)Oc1cccc(NC(=O)/C=C/c2ccco2)c1. The van der Waals surface area contributed by atoms with Crippen LogP contribution >= 0.6 is 0 Å². The van der Waals surface area contributed by atoms with E-state index in [1.165, 1.54) is 19.3 Å². The van der Waals surface area contributed by atoms with Crippen molar-refractivity contribution in [3.63, 3.8) is 0 Å². The number of anilines is 1. The van der Waals surface area contributed by atoms with Crippen LogP contribution < -0.4 is 10.1 Å². The lowest BCUT2D eigenvalue weighted by Gasteiger charge is -2.05. The molecule has 102 valence electrons. The van der Waals surface area contributed by atoms with Gasteiger partial charge in [0.25, 0.3) is 0 Å². The van der Waals surface area contributed by atoms with Crippen LogP contribution in [0.5, 0.6) is 5.75 Å². The van der Waals surface area contributed by atoms with E-state index in [1.54, 1.807) is 42.5 Å². The Labute approximate surface area is 115 Å². The molecule has 0 saturated carbocycles. The molecule has 1 heterocycles. The number of rotatable bonds is 4. The smallest absolute Gasteiger partial charge is 0.308 e. The van der Waals surface area contributed by atoms with Crippen molar-refractivity contribution < 1.29 is 18.7 Å². The highest BCUT2D eigenvalue weighted by atomic mass is 16.5. The Morgan fingerprint density at radius 1 is 1.25 bits per heavy atom. The average Bonchev–Trinajstić information content (AvgIpc) is 2.89. The highest BCUT2D eigenvalue weighted by Gasteiger charge is 2.02. The van der Waals surface area contributed by atoms with Gasteiger partial charge in [0.1, 0.15) is 11.5 Å². The van der Waals surface area contributed by atoms with Gasteiger partial charge in [-0.3, -0.25) is 9.59 Å². The van der Waals surface area contributed by atoms with Gasteiger partial charge < -0.3 is 14.5 Å². The second-order valence-electron chi connectivity index (χ2n) is 3.96. The molecule has 0 atom stereocenters. The van der Waals surface area contributed by atoms with Crippen molar-refractivity contribution >= 4 is 23.6 Å². The summed E-state index contributed by atoms with van der Waals surface area (Å²) in [5, 5.41) is 2.66. The van der Waals surface area contributed by atoms with Gasteiger partial charge in [-0.2, -0.15) is 0 Å². The van der Waals surface area contributed by atoms with E-state index in [1.807, 2.05) is 0 Å².